The molecule has 52 valence electrons. The van der Waals surface area contributed by atoms with Gasteiger partial charge in [0.25, 0.3) is 0 Å². The molecule has 0 bridgehead atoms. The van der Waals surface area contributed by atoms with Gasteiger partial charge in [0.05, 0.1) is 4.14 Å². The fourth-order valence-corrected chi connectivity index (χ4v) is 3.95. The van der Waals surface area contributed by atoms with Crippen LogP contribution in [0.1, 0.15) is 0 Å². The fraction of sp³-hybridized carbons (Fsp3) is 0.500. The van der Waals surface area contributed by atoms with Crippen molar-refractivity contribution in [2.45, 2.75) is 0 Å². The summed E-state index contributed by atoms with van der Waals surface area (Å²) in [5, 5.41) is 0. The van der Waals surface area contributed by atoms with E-state index in [1.165, 1.54) is 4.55 Å². The molecule has 0 saturated carbocycles. The second-order valence-electron chi connectivity index (χ2n) is 2.16. The smallest absolute Gasteiger partial charge is 0.0523 e. The van der Waals surface area contributed by atoms with E-state index in [1.807, 2.05) is 6.21 Å². The van der Waals surface area contributed by atoms with Crippen molar-refractivity contribution in [3.05, 3.63) is 0 Å². The minimum Gasteiger partial charge on any atom is -0.301 e. The Hall–Kier alpha value is 0.1000. The summed E-state index contributed by atoms with van der Waals surface area (Å²) in [5.41, 5.74) is 0. The predicted molar refractivity (Wildman–Crippen MR) is 53.2 cm³/mol. The summed E-state index contributed by atoms with van der Waals surface area (Å²) in [6.45, 7) is 0. The van der Waals surface area contributed by atoms with Crippen LogP contribution in [0.15, 0.2) is 4.99 Å². The summed E-state index contributed by atoms with van der Waals surface area (Å²) in [6.07, 6.45) is 1.92. The Morgan fingerprint density at radius 2 is 2.33 bits per heavy atom. The van der Waals surface area contributed by atoms with Gasteiger partial charge in [-0.25, -0.2) is 0 Å². The topological polar surface area (TPSA) is 15.6 Å². The van der Waals surface area contributed by atoms with Crippen molar-refractivity contribution in [1.29, 1.82) is 0 Å². The number of aliphatic imine (C=N–C) groups is 1. The molecule has 1 aliphatic rings. The van der Waals surface area contributed by atoms with Gasteiger partial charge in [-0.15, -0.1) is 18.9 Å². The van der Waals surface area contributed by atoms with Gasteiger partial charge in [0, 0.05) is 10.8 Å². The normalized spacial score (nSPS) is 18.1. The molecule has 0 saturated heterocycles. The quantitative estimate of drug-likeness (QED) is 0.392. The lowest BCUT2D eigenvalue weighted by Gasteiger charge is -2.04. The molecule has 1 heterocycles. The second kappa shape index (κ2) is 3.31. The summed E-state index contributed by atoms with van der Waals surface area (Å²) in [6, 6.07) is 0. The molecule has 9 heavy (non-hydrogen) atoms. The molecule has 0 unspecified atom stereocenters. The van der Waals surface area contributed by atoms with Crippen LogP contribution >= 0.6 is 18.9 Å². The highest BCUT2D eigenvalue weighted by Crippen LogP contribution is 2.10. The van der Waals surface area contributed by atoms with Crippen LogP contribution in [0.4, 0.5) is 0 Å². The Morgan fingerprint density at radius 3 is 2.78 bits per heavy atom. The average Bonchev–Trinajstić information content (AvgIpc) is 2.15. The minimum absolute atomic E-state index is 0.842. The zero-order valence-electron chi connectivity index (χ0n) is 5.71. The van der Waals surface area contributed by atoms with Crippen molar-refractivity contribution in [2.75, 3.05) is 18.6 Å². The molecule has 0 fully saturated rings. The first-order chi connectivity index (χ1) is 4.29. The van der Waals surface area contributed by atoms with Crippen molar-refractivity contribution in [3.63, 3.8) is 0 Å². The maximum atomic E-state index is 4.06. The van der Waals surface area contributed by atoms with E-state index in [0.29, 0.717) is 0 Å². The lowest BCUT2D eigenvalue weighted by atomic mass is 10.9. The van der Waals surface area contributed by atoms with Gasteiger partial charge in [-0.05, 0) is 18.1 Å². The van der Waals surface area contributed by atoms with Crippen molar-refractivity contribution in [1.82, 2.24) is 4.90 Å². The molecule has 0 aromatic carbocycles. The van der Waals surface area contributed by atoms with Gasteiger partial charge in [0.1, 0.15) is 0 Å². The van der Waals surface area contributed by atoms with Gasteiger partial charge in [-0.3, -0.25) is 4.99 Å². The van der Waals surface area contributed by atoms with Crippen molar-refractivity contribution < 1.29 is 0 Å². The van der Waals surface area contributed by atoms with E-state index in [2.05, 4.69) is 32.1 Å². The lowest BCUT2D eigenvalue weighted by molar-refractivity contribution is 0.496. The Balaban J connectivity index is 2.47. The maximum Gasteiger partial charge on any atom is 0.0523 e. The summed E-state index contributed by atoms with van der Waals surface area (Å²) in [4.78, 5) is 6.28. The Morgan fingerprint density at radius 1 is 1.56 bits per heavy atom. The molecule has 0 aliphatic carbocycles. The maximum absolute atomic E-state index is 4.06. The van der Waals surface area contributed by atoms with E-state index < -0.39 is 18.9 Å². The number of nitrogens with zero attached hydrogens (tertiary/aromatic N) is 2. The largest absolute Gasteiger partial charge is 0.301 e. The SMILES string of the molecule is CN(C)CI1=CC=NC=1. The first kappa shape index (κ1) is 7.21. The molecule has 0 aromatic rings. The number of rotatable bonds is 2. The van der Waals surface area contributed by atoms with Gasteiger partial charge < -0.3 is 4.90 Å². The molecule has 2 nitrogen and oxygen atoms in total. The lowest BCUT2D eigenvalue weighted by Crippen LogP contribution is -2.08. The van der Waals surface area contributed by atoms with Gasteiger partial charge in [-0.1, -0.05) is 0 Å². The minimum atomic E-state index is -0.842. The third kappa shape index (κ3) is 2.45. The zero-order valence-corrected chi connectivity index (χ0v) is 7.87. The summed E-state index contributed by atoms with van der Waals surface area (Å²) < 4.78 is 5.62. The monoisotopic (exact) mass is 238 g/mol. The van der Waals surface area contributed by atoms with Crippen molar-refractivity contribution in [3.8, 4) is 0 Å². The molecule has 0 atom stereocenters. The number of alkyl halides is 1. The van der Waals surface area contributed by atoms with Crippen LogP contribution in [0.25, 0.3) is 0 Å². The first-order valence-electron chi connectivity index (χ1n) is 2.76. The van der Waals surface area contributed by atoms with Gasteiger partial charge in [0.15, 0.2) is 0 Å². The highest BCUT2D eigenvalue weighted by atomic mass is 127. The van der Waals surface area contributed by atoms with Crippen LogP contribution in [0.3, 0.4) is 0 Å². The van der Waals surface area contributed by atoms with E-state index in [9.17, 15) is 0 Å². The summed E-state index contributed by atoms with van der Waals surface area (Å²) in [5.74, 6) is 0. The van der Waals surface area contributed by atoms with Crippen LogP contribution in [0.5, 0.6) is 0 Å². The second-order valence-corrected chi connectivity index (χ2v) is 6.59. The van der Waals surface area contributed by atoms with Crippen LogP contribution in [0, 0.1) is 0 Å². The first-order valence-corrected chi connectivity index (χ1v) is 6.78. The summed E-state index contributed by atoms with van der Waals surface area (Å²) >= 11 is -0.842. The van der Waals surface area contributed by atoms with Gasteiger partial charge >= 0.3 is 0 Å². The van der Waals surface area contributed by atoms with E-state index in [0.717, 1.165) is 0 Å². The highest BCUT2D eigenvalue weighted by Gasteiger charge is 1.88. The van der Waals surface area contributed by atoms with Gasteiger partial charge in [-0.2, -0.15) is 0 Å². The third-order valence-corrected chi connectivity index (χ3v) is 5.30. The highest BCUT2D eigenvalue weighted by molar-refractivity contribution is 14.2. The van der Waals surface area contributed by atoms with Crippen LogP contribution < -0.4 is 0 Å². The Bertz CT molecular complexity index is 183. The van der Waals surface area contributed by atoms with E-state index >= 15 is 0 Å². The fourth-order valence-electron chi connectivity index (χ4n) is 0.589. The molecule has 1 aliphatic heterocycles. The molecule has 0 spiro atoms. The molecular formula is C6H11IN2. The predicted octanol–water partition coefficient (Wildman–Crippen LogP) is 0.658. The number of hydrogen-bond donors (Lipinski definition) is 0. The van der Waals surface area contributed by atoms with Gasteiger partial charge in [0.2, 0.25) is 0 Å². The standard InChI is InChI=1S/C6H11IN2/c1-9(2)6-7-3-4-8-5-7/h3-5H,6H2,1-2H3. The Labute approximate surface area is 61.9 Å². The number of hydrogen-bond acceptors (Lipinski definition) is 2. The van der Waals surface area contributed by atoms with E-state index in [-0.39, 0.29) is 0 Å². The Kier molecular flexibility index (Phi) is 2.65. The molecular weight excluding hydrogens is 227 g/mol. The molecule has 0 aromatic heterocycles. The molecule has 1 rings (SSSR count). The molecule has 0 N–H and O–H groups in total. The average molecular weight is 238 g/mol. The van der Waals surface area contributed by atoms with Crippen LogP contribution in [-0.2, 0) is 0 Å². The van der Waals surface area contributed by atoms with Crippen molar-refractivity contribution in [2.24, 2.45) is 4.99 Å². The van der Waals surface area contributed by atoms with E-state index in [1.54, 1.807) is 0 Å². The zero-order chi connectivity index (χ0) is 6.69. The van der Waals surface area contributed by atoms with Crippen molar-refractivity contribution >= 4 is 33.2 Å². The number of halogens is 1. The van der Waals surface area contributed by atoms with E-state index in [4.69, 9.17) is 0 Å². The third-order valence-electron chi connectivity index (χ3n) is 0.863. The molecule has 0 amide bonds. The molecule has 3 heteroatoms. The van der Waals surface area contributed by atoms with Crippen LogP contribution in [-0.4, -0.2) is 37.9 Å². The van der Waals surface area contributed by atoms with Crippen LogP contribution in [0.2, 0.25) is 0 Å². The molecule has 0 radical (unpaired) electrons. The summed E-state index contributed by atoms with van der Waals surface area (Å²) in [7, 11) is 4.22.